The van der Waals surface area contributed by atoms with Crippen LogP contribution in [0.1, 0.15) is 26.3 Å². The zero-order chi connectivity index (χ0) is 10.9. The molecule has 0 unspecified atom stereocenters. The number of ether oxygens (including phenoxy) is 1. The van der Waals surface area contributed by atoms with Gasteiger partial charge in [-0.1, -0.05) is 24.1 Å². The van der Waals surface area contributed by atoms with Crippen molar-refractivity contribution in [1.29, 1.82) is 0 Å². The van der Waals surface area contributed by atoms with Gasteiger partial charge in [0, 0.05) is 5.56 Å². The van der Waals surface area contributed by atoms with Gasteiger partial charge in [-0.25, -0.2) is 4.99 Å². The second kappa shape index (κ2) is 3.43. The summed E-state index contributed by atoms with van der Waals surface area (Å²) in [7, 11) is 0. The Morgan fingerprint density at radius 3 is 2.73 bits per heavy atom. The molecule has 1 aliphatic rings. The maximum atomic E-state index is 5.72. The Morgan fingerprint density at radius 1 is 1.27 bits per heavy atom. The lowest BCUT2D eigenvalue weighted by Gasteiger charge is -2.30. The minimum atomic E-state index is -0.350. The van der Waals surface area contributed by atoms with E-state index in [0.29, 0.717) is 5.90 Å². The Morgan fingerprint density at radius 2 is 2.00 bits per heavy atom. The highest BCUT2D eigenvalue weighted by Gasteiger charge is 2.30. The Balaban J connectivity index is 2.57. The van der Waals surface area contributed by atoms with Gasteiger partial charge in [0.2, 0.25) is 0 Å². The summed E-state index contributed by atoms with van der Waals surface area (Å²) in [5.74, 6) is 6.16. The molecule has 1 heterocycles. The summed E-state index contributed by atoms with van der Waals surface area (Å²) in [6.07, 6.45) is 0. The van der Waals surface area contributed by atoms with Crippen molar-refractivity contribution in [3.63, 3.8) is 0 Å². The molecule has 0 atom stereocenters. The van der Waals surface area contributed by atoms with Crippen molar-refractivity contribution >= 4 is 11.6 Å². The third kappa shape index (κ3) is 1.73. The van der Waals surface area contributed by atoms with E-state index in [0.717, 1.165) is 11.3 Å². The second-order valence-corrected chi connectivity index (χ2v) is 3.92. The van der Waals surface area contributed by atoms with Crippen molar-refractivity contribution < 1.29 is 4.74 Å². The lowest BCUT2D eigenvalue weighted by atomic mass is 9.95. The quantitative estimate of drug-likeness (QED) is 0.588. The van der Waals surface area contributed by atoms with Crippen LogP contribution in [-0.2, 0) is 10.3 Å². The smallest absolute Gasteiger partial charge is 0.269 e. The molecule has 0 aromatic heterocycles. The molecule has 0 bridgehead atoms. The molecule has 15 heavy (non-hydrogen) atoms. The second-order valence-electron chi connectivity index (χ2n) is 3.92. The molecule has 0 radical (unpaired) electrons. The predicted octanol–water partition coefficient (Wildman–Crippen LogP) is 3.01. The van der Waals surface area contributed by atoms with Gasteiger partial charge in [-0.05, 0) is 32.8 Å². The number of fused-ring (bicyclic) bond motifs is 1. The van der Waals surface area contributed by atoms with E-state index in [1.54, 1.807) is 6.92 Å². The van der Waals surface area contributed by atoms with Gasteiger partial charge in [-0.2, -0.15) is 0 Å². The fourth-order valence-electron chi connectivity index (χ4n) is 1.67. The third-order valence-corrected chi connectivity index (χ3v) is 2.36. The molecule has 0 spiro atoms. The maximum Gasteiger partial charge on any atom is 0.269 e. The highest BCUT2D eigenvalue weighted by Crippen LogP contribution is 2.36. The summed E-state index contributed by atoms with van der Waals surface area (Å²) < 4.78 is 5.72. The van der Waals surface area contributed by atoms with Gasteiger partial charge in [0.1, 0.15) is 5.60 Å². The van der Waals surface area contributed by atoms with E-state index in [1.807, 2.05) is 38.1 Å². The van der Waals surface area contributed by atoms with E-state index in [2.05, 4.69) is 16.8 Å². The van der Waals surface area contributed by atoms with Gasteiger partial charge < -0.3 is 4.74 Å². The summed E-state index contributed by atoms with van der Waals surface area (Å²) in [6, 6.07) is 7.99. The standard InChI is InChI=1S/C13H13NO/c1-4-7-12-14-11-9-6-5-8-10(11)13(2,3)15-12/h5-6,8-9H,1-3H3. The summed E-state index contributed by atoms with van der Waals surface area (Å²) >= 11 is 0. The van der Waals surface area contributed by atoms with E-state index in [1.165, 1.54) is 0 Å². The number of hydrogen-bond donors (Lipinski definition) is 0. The summed E-state index contributed by atoms with van der Waals surface area (Å²) in [4.78, 5) is 4.35. The molecule has 2 heteroatoms. The van der Waals surface area contributed by atoms with Crippen LogP contribution in [0.3, 0.4) is 0 Å². The molecule has 1 aliphatic heterocycles. The number of nitrogens with zero attached hydrogens (tertiary/aromatic N) is 1. The van der Waals surface area contributed by atoms with E-state index < -0.39 is 0 Å². The Kier molecular flexibility index (Phi) is 2.24. The average Bonchev–Trinajstić information content (AvgIpc) is 2.17. The molecule has 0 aliphatic carbocycles. The topological polar surface area (TPSA) is 21.6 Å². The van der Waals surface area contributed by atoms with E-state index in [4.69, 9.17) is 4.74 Å². The molecule has 0 amide bonds. The number of benzene rings is 1. The van der Waals surface area contributed by atoms with Crippen LogP contribution in [0.2, 0.25) is 0 Å². The van der Waals surface area contributed by atoms with E-state index in [9.17, 15) is 0 Å². The largest absolute Gasteiger partial charge is 0.460 e. The Hall–Kier alpha value is -1.75. The van der Waals surface area contributed by atoms with Crippen molar-refractivity contribution in [3.05, 3.63) is 29.8 Å². The van der Waals surface area contributed by atoms with Crippen molar-refractivity contribution in [1.82, 2.24) is 0 Å². The molecule has 0 fully saturated rings. The first-order chi connectivity index (χ1) is 7.13. The van der Waals surface area contributed by atoms with Crippen molar-refractivity contribution in [2.75, 3.05) is 0 Å². The molecule has 76 valence electrons. The van der Waals surface area contributed by atoms with Gasteiger partial charge in [0.25, 0.3) is 5.90 Å². The summed E-state index contributed by atoms with van der Waals surface area (Å²) in [6.45, 7) is 5.83. The fourth-order valence-corrected chi connectivity index (χ4v) is 1.67. The molecule has 2 nitrogen and oxygen atoms in total. The SMILES string of the molecule is CC#CC1=Nc2ccccc2C(C)(C)O1. The Bertz CT molecular complexity index is 475. The molecule has 0 saturated carbocycles. The first kappa shape index (κ1) is 9.79. The molecule has 1 aromatic rings. The number of hydrogen-bond acceptors (Lipinski definition) is 2. The van der Waals surface area contributed by atoms with Gasteiger partial charge >= 0.3 is 0 Å². The van der Waals surface area contributed by atoms with Crippen LogP contribution in [-0.4, -0.2) is 5.90 Å². The third-order valence-electron chi connectivity index (χ3n) is 2.36. The van der Waals surface area contributed by atoms with Crippen LogP contribution in [0.4, 0.5) is 5.69 Å². The number of rotatable bonds is 0. The average molecular weight is 199 g/mol. The monoisotopic (exact) mass is 199 g/mol. The zero-order valence-corrected chi connectivity index (χ0v) is 9.16. The molecule has 0 N–H and O–H groups in total. The van der Waals surface area contributed by atoms with Crippen LogP contribution in [0.15, 0.2) is 29.3 Å². The zero-order valence-electron chi connectivity index (χ0n) is 9.16. The molecular formula is C13H13NO. The first-order valence-electron chi connectivity index (χ1n) is 4.93. The maximum absolute atomic E-state index is 5.72. The van der Waals surface area contributed by atoms with E-state index in [-0.39, 0.29) is 5.60 Å². The highest BCUT2D eigenvalue weighted by atomic mass is 16.5. The normalized spacial score (nSPS) is 16.6. The van der Waals surface area contributed by atoms with Gasteiger partial charge in [-0.3, -0.25) is 0 Å². The predicted molar refractivity (Wildman–Crippen MR) is 61.1 cm³/mol. The van der Waals surface area contributed by atoms with Crippen molar-refractivity contribution in [2.45, 2.75) is 26.4 Å². The number of para-hydroxylation sites is 1. The van der Waals surface area contributed by atoms with Crippen LogP contribution in [0.5, 0.6) is 0 Å². The van der Waals surface area contributed by atoms with Crippen molar-refractivity contribution in [3.8, 4) is 11.8 Å². The van der Waals surface area contributed by atoms with E-state index >= 15 is 0 Å². The van der Waals surface area contributed by atoms with Gasteiger partial charge in [0.15, 0.2) is 0 Å². The molecule has 2 rings (SSSR count). The first-order valence-corrected chi connectivity index (χ1v) is 4.93. The minimum Gasteiger partial charge on any atom is -0.460 e. The molecular weight excluding hydrogens is 186 g/mol. The van der Waals surface area contributed by atoms with Crippen LogP contribution < -0.4 is 0 Å². The molecule has 0 saturated heterocycles. The summed E-state index contributed by atoms with van der Waals surface area (Å²) in [5, 5.41) is 0. The Labute approximate surface area is 90.0 Å². The van der Waals surface area contributed by atoms with Crippen LogP contribution in [0, 0.1) is 11.8 Å². The van der Waals surface area contributed by atoms with Crippen LogP contribution >= 0.6 is 0 Å². The van der Waals surface area contributed by atoms with Gasteiger partial charge in [0.05, 0.1) is 5.69 Å². The lowest BCUT2D eigenvalue weighted by Crippen LogP contribution is -2.28. The van der Waals surface area contributed by atoms with Crippen LogP contribution in [0.25, 0.3) is 0 Å². The van der Waals surface area contributed by atoms with Crippen molar-refractivity contribution in [2.24, 2.45) is 4.99 Å². The number of aliphatic imine (C=N–C) groups is 1. The molecule has 1 aromatic carbocycles. The fraction of sp³-hybridized carbons (Fsp3) is 0.308. The lowest BCUT2D eigenvalue weighted by molar-refractivity contribution is 0.0932. The highest BCUT2D eigenvalue weighted by molar-refractivity contribution is 5.97. The summed E-state index contributed by atoms with van der Waals surface area (Å²) in [5.41, 5.74) is 1.70. The van der Waals surface area contributed by atoms with Gasteiger partial charge in [-0.15, -0.1) is 0 Å². The minimum absolute atomic E-state index is 0.350.